The number of pyridine rings is 1. The SMILES string of the molecule is CNC1=CCC(Oc2ccnc(C(=O)OC(C)(C)C)c2)C=C1[N+](=O)[O-]. The zero-order chi connectivity index (χ0) is 18.6. The lowest BCUT2D eigenvalue weighted by Crippen LogP contribution is -2.25. The van der Waals surface area contributed by atoms with Crippen LogP contribution in [0, 0.1) is 10.1 Å². The number of hydrogen-bond acceptors (Lipinski definition) is 7. The number of aromatic nitrogens is 1. The van der Waals surface area contributed by atoms with Gasteiger partial charge in [0, 0.05) is 31.8 Å². The van der Waals surface area contributed by atoms with E-state index in [1.807, 2.05) is 0 Å². The molecule has 134 valence electrons. The normalized spacial score (nSPS) is 17.2. The molecule has 0 saturated heterocycles. The summed E-state index contributed by atoms with van der Waals surface area (Å²) >= 11 is 0. The number of ether oxygens (including phenoxy) is 2. The van der Waals surface area contributed by atoms with Gasteiger partial charge >= 0.3 is 5.97 Å². The van der Waals surface area contributed by atoms with Crippen LogP contribution in [-0.2, 0) is 4.74 Å². The van der Waals surface area contributed by atoms with E-state index in [0.717, 1.165) is 0 Å². The molecule has 1 aromatic heterocycles. The second kappa shape index (κ2) is 7.33. The fraction of sp³-hybridized carbons (Fsp3) is 0.412. The largest absolute Gasteiger partial charge is 0.486 e. The number of esters is 1. The first kappa shape index (κ1) is 18.4. The van der Waals surface area contributed by atoms with E-state index in [9.17, 15) is 14.9 Å². The zero-order valence-corrected chi connectivity index (χ0v) is 14.6. The summed E-state index contributed by atoms with van der Waals surface area (Å²) < 4.78 is 11.0. The van der Waals surface area contributed by atoms with Crippen molar-refractivity contribution in [2.24, 2.45) is 0 Å². The van der Waals surface area contributed by atoms with Crippen molar-refractivity contribution >= 4 is 5.97 Å². The minimum atomic E-state index is -0.628. The van der Waals surface area contributed by atoms with Crippen molar-refractivity contribution in [3.63, 3.8) is 0 Å². The van der Waals surface area contributed by atoms with Gasteiger partial charge in [-0.25, -0.2) is 9.78 Å². The van der Waals surface area contributed by atoms with Crippen molar-refractivity contribution in [1.82, 2.24) is 10.3 Å². The topological polar surface area (TPSA) is 104 Å². The number of likely N-dealkylation sites (N-methyl/N-ethyl adjacent to an activating group) is 1. The molecule has 1 aliphatic rings. The van der Waals surface area contributed by atoms with E-state index in [2.05, 4.69) is 10.3 Å². The molecule has 1 N–H and O–H groups in total. The number of carbonyl (C=O) groups is 1. The monoisotopic (exact) mass is 347 g/mol. The van der Waals surface area contributed by atoms with E-state index < -0.39 is 22.6 Å². The third-order valence-corrected chi connectivity index (χ3v) is 3.27. The molecule has 1 atom stereocenters. The number of carbonyl (C=O) groups excluding carboxylic acids is 1. The summed E-state index contributed by atoms with van der Waals surface area (Å²) in [6.07, 6.45) is 4.55. The highest BCUT2D eigenvalue weighted by atomic mass is 16.6. The van der Waals surface area contributed by atoms with Crippen molar-refractivity contribution in [2.75, 3.05) is 7.05 Å². The lowest BCUT2D eigenvalue weighted by Gasteiger charge is -2.20. The molecule has 0 aromatic carbocycles. The van der Waals surface area contributed by atoms with E-state index in [0.29, 0.717) is 17.9 Å². The smallest absolute Gasteiger partial charge is 0.357 e. The Hall–Kier alpha value is -2.90. The van der Waals surface area contributed by atoms with Gasteiger partial charge < -0.3 is 14.8 Å². The molecule has 0 radical (unpaired) electrons. The van der Waals surface area contributed by atoms with Crippen LogP contribution in [-0.4, -0.2) is 34.6 Å². The molecular weight excluding hydrogens is 326 g/mol. The maximum absolute atomic E-state index is 12.1. The van der Waals surface area contributed by atoms with Gasteiger partial charge in [-0.05, 0) is 26.8 Å². The van der Waals surface area contributed by atoms with Crippen molar-refractivity contribution < 1.29 is 19.2 Å². The second-order valence-corrected chi connectivity index (χ2v) is 6.45. The van der Waals surface area contributed by atoms with Gasteiger partial charge in [0.05, 0.1) is 4.92 Å². The van der Waals surface area contributed by atoms with Crippen molar-refractivity contribution in [2.45, 2.75) is 38.9 Å². The molecule has 1 unspecified atom stereocenters. The highest BCUT2D eigenvalue weighted by molar-refractivity contribution is 5.87. The summed E-state index contributed by atoms with van der Waals surface area (Å²) in [6.45, 7) is 5.30. The number of hydrogen-bond donors (Lipinski definition) is 1. The van der Waals surface area contributed by atoms with Crippen LogP contribution in [0.2, 0.25) is 0 Å². The van der Waals surface area contributed by atoms with E-state index in [4.69, 9.17) is 9.47 Å². The molecule has 1 aliphatic carbocycles. The van der Waals surface area contributed by atoms with Gasteiger partial charge in [0.15, 0.2) is 5.69 Å². The van der Waals surface area contributed by atoms with Gasteiger partial charge in [-0.2, -0.15) is 0 Å². The molecule has 1 heterocycles. The van der Waals surface area contributed by atoms with Crippen LogP contribution in [0.5, 0.6) is 5.75 Å². The molecule has 0 fully saturated rings. The Bertz CT molecular complexity index is 734. The highest BCUT2D eigenvalue weighted by Crippen LogP contribution is 2.23. The summed E-state index contributed by atoms with van der Waals surface area (Å²) in [5.41, 5.74) is -0.0983. The van der Waals surface area contributed by atoms with Crippen LogP contribution in [0.4, 0.5) is 0 Å². The molecular formula is C17H21N3O5. The molecule has 0 bridgehead atoms. The van der Waals surface area contributed by atoms with Crippen LogP contribution in [0.25, 0.3) is 0 Å². The van der Waals surface area contributed by atoms with Crippen molar-refractivity contribution in [3.05, 3.63) is 57.7 Å². The first-order valence-electron chi connectivity index (χ1n) is 7.80. The van der Waals surface area contributed by atoms with Crippen LogP contribution in [0.15, 0.2) is 41.9 Å². The Labute approximate surface area is 145 Å². The quantitative estimate of drug-likeness (QED) is 0.495. The molecule has 25 heavy (non-hydrogen) atoms. The average molecular weight is 347 g/mol. The Kier molecular flexibility index (Phi) is 5.41. The van der Waals surface area contributed by atoms with Crippen LogP contribution in [0.3, 0.4) is 0 Å². The third kappa shape index (κ3) is 5.03. The maximum Gasteiger partial charge on any atom is 0.357 e. The fourth-order valence-corrected chi connectivity index (χ4v) is 2.25. The Morgan fingerprint density at radius 3 is 2.76 bits per heavy atom. The first-order chi connectivity index (χ1) is 11.7. The van der Waals surface area contributed by atoms with E-state index in [1.165, 1.54) is 18.3 Å². The molecule has 8 nitrogen and oxygen atoms in total. The molecule has 0 spiro atoms. The van der Waals surface area contributed by atoms with Crippen molar-refractivity contribution in [1.29, 1.82) is 0 Å². The van der Waals surface area contributed by atoms with Gasteiger partial charge in [-0.1, -0.05) is 6.08 Å². The standard InChI is InChI=1S/C17H21N3O5/c1-17(2,3)25-16(21)14-9-12(7-8-19-14)24-11-5-6-13(18-4)15(10-11)20(22)23/h6-11,18H,5H2,1-4H3. The molecule has 8 heteroatoms. The zero-order valence-electron chi connectivity index (χ0n) is 14.6. The minimum absolute atomic E-state index is 0.0415. The number of nitrogens with zero attached hydrogens (tertiary/aromatic N) is 2. The summed E-state index contributed by atoms with van der Waals surface area (Å²) in [7, 11) is 1.63. The lowest BCUT2D eigenvalue weighted by atomic mass is 10.1. The molecule has 0 saturated carbocycles. The van der Waals surface area contributed by atoms with Gasteiger partial charge in [-0.3, -0.25) is 10.1 Å². The Morgan fingerprint density at radius 2 is 2.16 bits per heavy atom. The Morgan fingerprint density at radius 1 is 1.44 bits per heavy atom. The summed E-state index contributed by atoms with van der Waals surface area (Å²) in [5, 5.41) is 13.9. The molecule has 0 amide bonds. The van der Waals surface area contributed by atoms with E-state index in [-0.39, 0.29) is 11.4 Å². The summed E-state index contributed by atoms with van der Waals surface area (Å²) in [4.78, 5) is 26.7. The third-order valence-electron chi connectivity index (χ3n) is 3.27. The maximum atomic E-state index is 12.1. The van der Waals surface area contributed by atoms with Gasteiger partial charge in [0.25, 0.3) is 5.70 Å². The molecule has 0 aliphatic heterocycles. The van der Waals surface area contributed by atoms with E-state index >= 15 is 0 Å². The predicted octanol–water partition coefficient (Wildman–Crippen LogP) is 2.45. The van der Waals surface area contributed by atoms with Gasteiger partial charge in [0.2, 0.25) is 0 Å². The highest BCUT2D eigenvalue weighted by Gasteiger charge is 2.25. The first-order valence-corrected chi connectivity index (χ1v) is 7.80. The Balaban J connectivity index is 2.14. The number of nitrogens with one attached hydrogen (secondary N) is 1. The molecule has 1 aromatic rings. The van der Waals surface area contributed by atoms with Crippen LogP contribution < -0.4 is 10.1 Å². The second-order valence-electron chi connectivity index (χ2n) is 6.45. The van der Waals surface area contributed by atoms with Gasteiger partial charge in [-0.15, -0.1) is 0 Å². The van der Waals surface area contributed by atoms with Crippen LogP contribution in [0.1, 0.15) is 37.7 Å². The summed E-state index contributed by atoms with van der Waals surface area (Å²) in [5.74, 6) is -0.165. The minimum Gasteiger partial charge on any atom is -0.486 e. The predicted molar refractivity (Wildman–Crippen MR) is 90.7 cm³/mol. The van der Waals surface area contributed by atoms with Gasteiger partial charge in [0.1, 0.15) is 23.2 Å². The molecule has 2 rings (SSSR count). The fourth-order valence-electron chi connectivity index (χ4n) is 2.25. The van der Waals surface area contributed by atoms with Crippen LogP contribution >= 0.6 is 0 Å². The number of rotatable bonds is 5. The average Bonchev–Trinajstić information content (AvgIpc) is 2.53. The van der Waals surface area contributed by atoms with Crippen molar-refractivity contribution in [3.8, 4) is 5.75 Å². The van der Waals surface area contributed by atoms with E-state index in [1.54, 1.807) is 40.0 Å². The lowest BCUT2D eigenvalue weighted by molar-refractivity contribution is -0.422. The summed E-state index contributed by atoms with van der Waals surface area (Å²) in [6, 6.07) is 3.05. The number of nitro groups is 1.